The van der Waals surface area contributed by atoms with Gasteiger partial charge in [0.05, 0.1) is 0 Å². The van der Waals surface area contributed by atoms with Crippen molar-refractivity contribution in [2.45, 2.75) is 34.1 Å². The van der Waals surface area contributed by atoms with E-state index < -0.39 is 0 Å². The van der Waals surface area contributed by atoms with Crippen molar-refractivity contribution in [3.05, 3.63) is 10.5 Å². The van der Waals surface area contributed by atoms with Crippen molar-refractivity contribution in [1.82, 2.24) is 0 Å². The van der Waals surface area contributed by atoms with E-state index in [4.69, 9.17) is 0 Å². The average Bonchev–Trinajstić information content (AvgIpc) is 2.11. The van der Waals surface area contributed by atoms with Crippen molar-refractivity contribution in [2.24, 2.45) is 5.41 Å². The van der Waals surface area contributed by atoms with E-state index >= 15 is 0 Å². The third-order valence-corrected chi connectivity index (χ3v) is 3.09. The summed E-state index contributed by atoms with van der Waals surface area (Å²) in [5, 5.41) is 0. The lowest BCUT2D eigenvalue weighted by atomic mass is 9.85. The minimum atomic E-state index is 0.410. The molecule has 1 aliphatic heterocycles. The number of hydrogen-bond acceptors (Lipinski definition) is 1. The second kappa shape index (κ2) is 2.61. The molecule has 0 atom stereocenters. The standard InChI is InChI=1S/C9H16S/c1-7-8(5-6-10-7)9(2,3)4/h5-6H2,1-4H3. The van der Waals surface area contributed by atoms with Gasteiger partial charge < -0.3 is 0 Å². The summed E-state index contributed by atoms with van der Waals surface area (Å²) in [5.74, 6) is 1.30. The van der Waals surface area contributed by atoms with Gasteiger partial charge in [-0.15, -0.1) is 11.8 Å². The minimum absolute atomic E-state index is 0.410. The first-order valence-corrected chi connectivity index (χ1v) is 4.83. The van der Waals surface area contributed by atoms with Crippen LogP contribution >= 0.6 is 11.8 Å². The maximum absolute atomic E-state index is 2.30. The molecule has 1 aliphatic rings. The average molecular weight is 156 g/mol. The van der Waals surface area contributed by atoms with E-state index in [2.05, 4.69) is 27.7 Å². The second-order valence-electron chi connectivity index (χ2n) is 3.88. The van der Waals surface area contributed by atoms with Gasteiger partial charge in [0.1, 0.15) is 0 Å². The summed E-state index contributed by atoms with van der Waals surface area (Å²) in [4.78, 5) is 1.56. The van der Waals surface area contributed by atoms with Crippen LogP contribution < -0.4 is 0 Å². The zero-order valence-corrected chi connectivity index (χ0v) is 8.14. The maximum atomic E-state index is 2.30. The fourth-order valence-corrected chi connectivity index (χ4v) is 2.67. The predicted octanol–water partition coefficient (Wildman–Crippen LogP) is 3.44. The third kappa shape index (κ3) is 1.57. The molecule has 0 unspecified atom stereocenters. The molecule has 0 spiro atoms. The maximum Gasteiger partial charge on any atom is 0.00145 e. The molecule has 1 heteroatoms. The zero-order valence-electron chi connectivity index (χ0n) is 7.32. The smallest absolute Gasteiger partial charge is 0.00145 e. The second-order valence-corrected chi connectivity index (χ2v) is 5.19. The summed E-state index contributed by atoms with van der Waals surface area (Å²) in [6.45, 7) is 9.16. The summed E-state index contributed by atoms with van der Waals surface area (Å²) in [5.41, 5.74) is 2.07. The molecule has 0 saturated heterocycles. The summed E-state index contributed by atoms with van der Waals surface area (Å²) in [7, 11) is 0. The molecule has 0 radical (unpaired) electrons. The molecule has 0 N–H and O–H groups in total. The molecule has 0 aromatic carbocycles. The van der Waals surface area contributed by atoms with Crippen molar-refractivity contribution in [3.8, 4) is 0 Å². The Morgan fingerprint density at radius 1 is 1.30 bits per heavy atom. The van der Waals surface area contributed by atoms with Crippen LogP contribution in [0.3, 0.4) is 0 Å². The van der Waals surface area contributed by atoms with Gasteiger partial charge in [-0.1, -0.05) is 26.3 Å². The molecule has 58 valence electrons. The van der Waals surface area contributed by atoms with Crippen LogP contribution in [0.5, 0.6) is 0 Å². The highest BCUT2D eigenvalue weighted by Crippen LogP contribution is 2.40. The van der Waals surface area contributed by atoms with Crippen molar-refractivity contribution >= 4 is 11.8 Å². The Kier molecular flexibility index (Phi) is 2.14. The number of thioether (sulfide) groups is 1. The van der Waals surface area contributed by atoms with Gasteiger partial charge in [0, 0.05) is 5.75 Å². The van der Waals surface area contributed by atoms with E-state index in [1.807, 2.05) is 11.8 Å². The molecule has 10 heavy (non-hydrogen) atoms. The van der Waals surface area contributed by atoms with Gasteiger partial charge in [-0.05, 0) is 23.7 Å². The first kappa shape index (κ1) is 8.19. The summed E-state index contributed by atoms with van der Waals surface area (Å²) in [6, 6.07) is 0. The van der Waals surface area contributed by atoms with Gasteiger partial charge in [0.25, 0.3) is 0 Å². The third-order valence-electron chi connectivity index (χ3n) is 2.00. The van der Waals surface area contributed by atoms with Crippen LogP contribution in [0.4, 0.5) is 0 Å². The van der Waals surface area contributed by atoms with Crippen molar-refractivity contribution in [2.75, 3.05) is 5.75 Å². The topological polar surface area (TPSA) is 0 Å². The van der Waals surface area contributed by atoms with Gasteiger partial charge in [-0.3, -0.25) is 0 Å². The Bertz CT molecular complexity index is 160. The molecule has 1 heterocycles. The number of allylic oxidation sites excluding steroid dienone is 2. The lowest BCUT2D eigenvalue weighted by molar-refractivity contribution is 0.489. The van der Waals surface area contributed by atoms with Crippen LogP contribution in [0.2, 0.25) is 0 Å². The molecular weight excluding hydrogens is 140 g/mol. The Morgan fingerprint density at radius 2 is 1.90 bits per heavy atom. The van der Waals surface area contributed by atoms with Gasteiger partial charge in [-0.25, -0.2) is 0 Å². The van der Waals surface area contributed by atoms with Crippen LogP contribution in [0.25, 0.3) is 0 Å². The molecule has 0 aromatic heterocycles. The van der Waals surface area contributed by atoms with Crippen molar-refractivity contribution < 1.29 is 0 Å². The van der Waals surface area contributed by atoms with Crippen molar-refractivity contribution in [1.29, 1.82) is 0 Å². The first-order chi connectivity index (χ1) is 4.52. The van der Waals surface area contributed by atoms with Crippen LogP contribution in [0.1, 0.15) is 34.1 Å². The molecule has 0 fully saturated rings. The Labute approximate surface area is 68.1 Å². The SMILES string of the molecule is CC1=C(C(C)(C)C)CCS1. The van der Waals surface area contributed by atoms with E-state index in [0.717, 1.165) is 0 Å². The van der Waals surface area contributed by atoms with E-state index in [1.54, 1.807) is 10.5 Å². The minimum Gasteiger partial charge on any atom is -0.131 e. The predicted molar refractivity (Wildman–Crippen MR) is 49.2 cm³/mol. The summed E-state index contributed by atoms with van der Waals surface area (Å²) >= 11 is 2.01. The van der Waals surface area contributed by atoms with Crippen LogP contribution in [-0.2, 0) is 0 Å². The molecule has 0 aliphatic carbocycles. The molecule has 0 saturated carbocycles. The van der Waals surface area contributed by atoms with Crippen molar-refractivity contribution in [3.63, 3.8) is 0 Å². The van der Waals surface area contributed by atoms with Gasteiger partial charge in [-0.2, -0.15) is 0 Å². The Hall–Kier alpha value is 0.0900. The number of hydrogen-bond donors (Lipinski definition) is 0. The summed E-state index contributed by atoms with van der Waals surface area (Å²) in [6.07, 6.45) is 1.31. The number of rotatable bonds is 0. The first-order valence-electron chi connectivity index (χ1n) is 3.85. The van der Waals surface area contributed by atoms with Gasteiger partial charge >= 0.3 is 0 Å². The molecule has 1 rings (SSSR count). The normalized spacial score (nSPS) is 20.4. The molecule has 0 amide bonds. The highest BCUT2D eigenvalue weighted by molar-refractivity contribution is 8.03. The van der Waals surface area contributed by atoms with E-state index in [-0.39, 0.29) is 0 Å². The largest absolute Gasteiger partial charge is 0.131 e. The van der Waals surface area contributed by atoms with E-state index in [1.165, 1.54) is 12.2 Å². The summed E-state index contributed by atoms with van der Waals surface area (Å²) < 4.78 is 0. The molecule has 0 aromatic rings. The lowest BCUT2D eigenvalue weighted by Gasteiger charge is -2.20. The molecular formula is C9H16S. The quantitative estimate of drug-likeness (QED) is 0.517. The lowest BCUT2D eigenvalue weighted by Crippen LogP contribution is -2.08. The van der Waals surface area contributed by atoms with Crippen LogP contribution in [0.15, 0.2) is 10.5 Å². The Morgan fingerprint density at radius 3 is 2.10 bits per heavy atom. The highest BCUT2D eigenvalue weighted by atomic mass is 32.2. The van der Waals surface area contributed by atoms with E-state index in [9.17, 15) is 0 Å². The van der Waals surface area contributed by atoms with Gasteiger partial charge in [0.15, 0.2) is 0 Å². The van der Waals surface area contributed by atoms with Crippen LogP contribution in [0, 0.1) is 5.41 Å². The van der Waals surface area contributed by atoms with Crippen LogP contribution in [-0.4, -0.2) is 5.75 Å². The molecule has 0 bridgehead atoms. The molecule has 0 nitrogen and oxygen atoms in total. The zero-order chi connectivity index (χ0) is 7.78. The van der Waals surface area contributed by atoms with Gasteiger partial charge in [0.2, 0.25) is 0 Å². The highest BCUT2D eigenvalue weighted by Gasteiger charge is 2.22. The monoisotopic (exact) mass is 156 g/mol. The fourth-order valence-electron chi connectivity index (χ4n) is 1.47. The fraction of sp³-hybridized carbons (Fsp3) is 0.778. The Balaban J connectivity index is 2.81. The van der Waals surface area contributed by atoms with E-state index in [0.29, 0.717) is 5.41 Å².